The second-order valence-electron chi connectivity index (χ2n) is 4.44. The number of furan rings is 1. The van der Waals surface area contributed by atoms with E-state index in [1.54, 1.807) is 12.5 Å². The van der Waals surface area contributed by atoms with Crippen molar-refractivity contribution in [2.45, 2.75) is 32.9 Å². The van der Waals surface area contributed by atoms with Gasteiger partial charge in [-0.3, -0.25) is 4.98 Å². The third-order valence-electron chi connectivity index (χ3n) is 2.63. The second-order valence-corrected chi connectivity index (χ2v) is 4.44. The van der Waals surface area contributed by atoms with Gasteiger partial charge in [0.1, 0.15) is 5.76 Å². The van der Waals surface area contributed by atoms with Crippen LogP contribution in [-0.4, -0.2) is 11.0 Å². The van der Waals surface area contributed by atoms with Gasteiger partial charge in [-0.15, -0.1) is 0 Å². The van der Waals surface area contributed by atoms with Crippen molar-refractivity contribution in [3.8, 4) is 0 Å². The lowest BCUT2D eigenvalue weighted by Crippen LogP contribution is -2.22. The molecule has 0 radical (unpaired) electrons. The molecule has 0 saturated heterocycles. The lowest BCUT2D eigenvalue weighted by Gasteiger charge is -2.07. The van der Waals surface area contributed by atoms with Gasteiger partial charge in [0.15, 0.2) is 0 Å². The molecule has 0 aliphatic heterocycles. The fourth-order valence-electron chi connectivity index (χ4n) is 1.70. The van der Waals surface area contributed by atoms with Crippen LogP contribution in [0.3, 0.4) is 0 Å². The monoisotopic (exact) mass is 230 g/mol. The SMILES string of the molecule is CC(C)NCc1occc1Cc1cccnc1. The molecular formula is C14H18N2O. The van der Waals surface area contributed by atoms with Crippen LogP contribution in [0.4, 0.5) is 0 Å². The van der Waals surface area contributed by atoms with E-state index in [1.165, 1.54) is 11.1 Å². The van der Waals surface area contributed by atoms with Crippen molar-refractivity contribution in [2.24, 2.45) is 0 Å². The molecule has 2 aromatic heterocycles. The Morgan fingerprint density at radius 2 is 2.24 bits per heavy atom. The van der Waals surface area contributed by atoms with Crippen LogP contribution in [0.15, 0.2) is 41.3 Å². The van der Waals surface area contributed by atoms with Gasteiger partial charge in [-0.25, -0.2) is 0 Å². The summed E-state index contributed by atoms with van der Waals surface area (Å²) in [5.74, 6) is 1.02. The summed E-state index contributed by atoms with van der Waals surface area (Å²) < 4.78 is 5.50. The standard InChI is InChI=1S/C14H18N2O/c1-11(2)16-10-14-13(5-7-17-14)8-12-4-3-6-15-9-12/h3-7,9,11,16H,8,10H2,1-2H3. The molecule has 0 fully saturated rings. The zero-order valence-electron chi connectivity index (χ0n) is 10.3. The van der Waals surface area contributed by atoms with E-state index in [2.05, 4.69) is 30.2 Å². The Hall–Kier alpha value is -1.61. The second kappa shape index (κ2) is 5.64. The third-order valence-corrected chi connectivity index (χ3v) is 2.63. The van der Waals surface area contributed by atoms with E-state index < -0.39 is 0 Å². The largest absolute Gasteiger partial charge is 0.468 e. The number of pyridine rings is 1. The number of hydrogen-bond acceptors (Lipinski definition) is 3. The lowest BCUT2D eigenvalue weighted by molar-refractivity contribution is 0.461. The number of rotatable bonds is 5. The molecule has 0 spiro atoms. The maximum atomic E-state index is 5.50. The van der Waals surface area contributed by atoms with Gasteiger partial charge in [-0.1, -0.05) is 19.9 Å². The Labute approximate surface area is 102 Å². The minimum Gasteiger partial charge on any atom is -0.468 e. The van der Waals surface area contributed by atoms with Crippen LogP contribution in [-0.2, 0) is 13.0 Å². The van der Waals surface area contributed by atoms with Crippen LogP contribution in [0, 0.1) is 0 Å². The van der Waals surface area contributed by atoms with Crippen molar-refractivity contribution in [2.75, 3.05) is 0 Å². The zero-order valence-corrected chi connectivity index (χ0v) is 10.3. The molecule has 0 saturated carbocycles. The van der Waals surface area contributed by atoms with Gasteiger partial charge in [0.2, 0.25) is 0 Å². The Morgan fingerprint density at radius 1 is 1.35 bits per heavy atom. The summed E-state index contributed by atoms with van der Waals surface area (Å²) in [6, 6.07) is 6.54. The Balaban J connectivity index is 2.04. The highest BCUT2D eigenvalue weighted by Gasteiger charge is 2.07. The first-order valence-electron chi connectivity index (χ1n) is 5.93. The molecule has 0 aliphatic carbocycles. The van der Waals surface area contributed by atoms with Crippen molar-refractivity contribution >= 4 is 0 Å². The highest BCUT2D eigenvalue weighted by molar-refractivity contribution is 5.25. The zero-order chi connectivity index (χ0) is 12.1. The highest BCUT2D eigenvalue weighted by atomic mass is 16.3. The van der Waals surface area contributed by atoms with Gasteiger partial charge < -0.3 is 9.73 Å². The van der Waals surface area contributed by atoms with E-state index in [9.17, 15) is 0 Å². The third kappa shape index (κ3) is 3.43. The van der Waals surface area contributed by atoms with Gasteiger partial charge in [0.25, 0.3) is 0 Å². The molecule has 0 bridgehead atoms. The first-order valence-corrected chi connectivity index (χ1v) is 5.93. The van der Waals surface area contributed by atoms with Gasteiger partial charge in [0.05, 0.1) is 12.8 Å². The summed E-state index contributed by atoms with van der Waals surface area (Å²) in [6.07, 6.45) is 6.31. The Bertz CT molecular complexity index is 448. The summed E-state index contributed by atoms with van der Waals surface area (Å²) in [4.78, 5) is 4.12. The molecule has 0 aromatic carbocycles. The molecule has 2 heterocycles. The van der Waals surface area contributed by atoms with Crippen LogP contribution in [0.5, 0.6) is 0 Å². The van der Waals surface area contributed by atoms with Gasteiger partial charge in [0, 0.05) is 24.9 Å². The van der Waals surface area contributed by atoms with E-state index in [-0.39, 0.29) is 0 Å². The normalized spacial score (nSPS) is 11.0. The average Bonchev–Trinajstić information content (AvgIpc) is 2.75. The quantitative estimate of drug-likeness (QED) is 0.858. The van der Waals surface area contributed by atoms with Gasteiger partial charge in [-0.2, -0.15) is 0 Å². The summed E-state index contributed by atoms with van der Waals surface area (Å²) in [6.45, 7) is 5.04. The number of nitrogens with zero attached hydrogens (tertiary/aromatic N) is 1. The predicted octanol–water partition coefficient (Wildman–Crippen LogP) is 2.76. The number of hydrogen-bond donors (Lipinski definition) is 1. The molecule has 2 aromatic rings. The lowest BCUT2D eigenvalue weighted by atomic mass is 10.1. The molecule has 0 atom stereocenters. The molecule has 3 nitrogen and oxygen atoms in total. The minimum absolute atomic E-state index is 0.464. The summed E-state index contributed by atoms with van der Waals surface area (Å²) in [5.41, 5.74) is 2.44. The number of aromatic nitrogens is 1. The molecule has 0 unspecified atom stereocenters. The van der Waals surface area contributed by atoms with Crippen LogP contribution in [0.25, 0.3) is 0 Å². The molecule has 0 amide bonds. The van der Waals surface area contributed by atoms with Crippen LogP contribution in [0.2, 0.25) is 0 Å². The maximum absolute atomic E-state index is 5.50. The molecular weight excluding hydrogens is 212 g/mol. The summed E-state index contributed by atoms with van der Waals surface area (Å²) >= 11 is 0. The maximum Gasteiger partial charge on any atom is 0.121 e. The van der Waals surface area contributed by atoms with Crippen molar-refractivity contribution in [1.82, 2.24) is 10.3 Å². The van der Waals surface area contributed by atoms with Crippen molar-refractivity contribution < 1.29 is 4.42 Å². The Kier molecular flexibility index (Phi) is 3.94. The van der Waals surface area contributed by atoms with Crippen molar-refractivity contribution in [3.63, 3.8) is 0 Å². The molecule has 90 valence electrons. The molecule has 17 heavy (non-hydrogen) atoms. The smallest absolute Gasteiger partial charge is 0.121 e. The highest BCUT2D eigenvalue weighted by Crippen LogP contribution is 2.15. The van der Waals surface area contributed by atoms with Gasteiger partial charge >= 0.3 is 0 Å². The minimum atomic E-state index is 0.464. The van der Waals surface area contributed by atoms with Crippen molar-refractivity contribution in [3.05, 3.63) is 53.7 Å². The molecule has 1 N–H and O–H groups in total. The fraction of sp³-hybridized carbons (Fsp3) is 0.357. The Morgan fingerprint density at radius 3 is 2.94 bits per heavy atom. The molecule has 2 rings (SSSR count). The van der Waals surface area contributed by atoms with Crippen LogP contribution in [0.1, 0.15) is 30.7 Å². The first kappa shape index (κ1) is 11.9. The van der Waals surface area contributed by atoms with Crippen LogP contribution < -0.4 is 5.32 Å². The van der Waals surface area contributed by atoms with Crippen molar-refractivity contribution in [1.29, 1.82) is 0 Å². The molecule has 0 aliphatic rings. The van der Waals surface area contributed by atoms with E-state index in [0.717, 1.165) is 18.7 Å². The summed E-state index contributed by atoms with van der Waals surface area (Å²) in [7, 11) is 0. The van der Waals surface area contributed by atoms with E-state index >= 15 is 0 Å². The van der Waals surface area contributed by atoms with E-state index in [0.29, 0.717) is 6.04 Å². The number of nitrogens with one attached hydrogen (secondary N) is 1. The average molecular weight is 230 g/mol. The fourth-order valence-corrected chi connectivity index (χ4v) is 1.70. The topological polar surface area (TPSA) is 38.1 Å². The van der Waals surface area contributed by atoms with E-state index in [4.69, 9.17) is 4.42 Å². The van der Waals surface area contributed by atoms with E-state index in [1.807, 2.05) is 18.3 Å². The predicted molar refractivity (Wildman–Crippen MR) is 67.7 cm³/mol. The van der Waals surface area contributed by atoms with Gasteiger partial charge in [-0.05, 0) is 23.3 Å². The summed E-state index contributed by atoms with van der Waals surface area (Å²) in [5, 5.41) is 3.36. The first-order chi connectivity index (χ1) is 8.25. The van der Waals surface area contributed by atoms with Crippen LogP contribution >= 0.6 is 0 Å². The molecule has 3 heteroatoms.